The molecular formula is C65H80BF4N4O10. The summed E-state index contributed by atoms with van der Waals surface area (Å²) in [5.74, 6) is -5.05. The Kier molecular flexibility index (Phi) is 22.8. The highest BCUT2D eigenvalue weighted by Crippen LogP contribution is 2.45. The quantitative estimate of drug-likeness (QED) is 0.0323. The monoisotopic (exact) mass is 1160 g/mol. The molecule has 6 aromatic rings. The summed E-state index contributed by atoms with van der Waals surface area (Å²) in [5.41, 5.74) is 17.4. The van der Waals surface area contributed by atoms with Gasteiger partial charge in [-0.15, -0.1) is 0 Å². The van der Waals surface area contributed by atoms with Crippen LogP contribution in [0.15, 0.2) is 97.1 Å². The Morgan fingerprint density at radius 3 is 1.31 bits per heavy atom. The van der Waals surface area contributed by atoms with Crippen molar-refractivity contribution in [1.82, 2.24) is 9.13 Å². The first-order valence-corrected chi connectivity index (χ1v) is 28.0. The van der Waals surface area contributed by atoms with Crippen LogP contribution in [0.5, 0.6) is 0 Å². The Bertz CT molecular complexity index is 3220. The number of ether oxygens (including phenoxy) is 4. The predicted molar refractivity (Wildman–Crippen MR) is 317 cm³/mol. The minimum absolute atomic E-state index is 0. The van der Waals surface area contributed by atoms with Gasteiger partial charge in [0.1, 0.15) is 34.5 Å². The molecule has 0 saturated carbocycles. The van der Waals surface area contributed by atoms with Crippen LogP contribution >= 0.6 is 0 Å². The van der Waals surface area contributed by atoms with Gasteiger partial charge in [-0.25, -0.2) is 17.6 Å². The lowest BCUT2D eigenvalue weighted by atomic mass is 9.94. The second-order valence-corrected chi connectivity index (χ2v) is 24.2. The van der Waals surface area contributed by atoms with Crippen molar-refractivity contribution in [2.45, 2.75) is 188 Å². The summed E-state index contributed by atoms with van der Waals surface area (Å²) in [4.78, 5) is 50.6. The second kappa shape index (κ2) is 28.2. The molecular weight excluding hydrogens is 1080 g/mol. The maximum absolute atomic E-state index is 14.0. The van der Waals surface area contributed by atoms with Crippen LogP contribution in [0, 0.1) is 23.3 Å². The third-order valence-corrected chi connectivity index (χ3v) is 13.7. The first kappa shape index (κ1) is 67.7. The molecule has 0 spiro atoms. The molecule has 0 aliphatic carbocycles. The van der Waals surface area contributed by atoms with Crippen LogP contribution in [0.4, 0.5) is 17.6 Å². The van der Waals surface area contributed by atoms with E-state index in [2.05, 4.69) is 0 Å². The van der Waals surface area contributed by atoms with Gasteiger partial charge in [-0.05, 0) is 182 Å². The largest absolute Gasteiger partial charge is 0.460 e. The Labute approximate surface area is 492 Å². The van der Waals surface area contributed by atoms with E-state index >= 15 is 0 Å². The molecule has 0 bridgehead atoms. The fraction of sp³-hybridized carbons (Fsp3) is 0.446. The molecule has 4 atom stereocenters. The number of rotatable bonds is 20. The lowest BCUT2D eigenvalue weighted by Crippen LogP contribution is -2.46. The van der Waals surface area contributed by atoms with Crippen LogP contribution in [0.3, 0.4) is 0 Å². The molecule has 0 unspecified atom stereocenters. The van der Waals surface area contributed by atoms with E-state index in [-0.39, 0.29) is 70.1 Å². The van der Waals surface area contributed by atoms with Crippen molar-refractivity contribution in [1.29, 1.82) is 0 Å². The number of aromatic nitrogens is 2. The molecule has 451 valence electrons. The zero-order valence-electron chi connectivity index (χ0n) is 50.2. The first-order chi connectivity index (χ1) is 38.7. The van der Waals surface area contributed by atoms with E-state index in [0.717, 1.165) is 5.69 Å². The number of nitrogens with zero attached hydrogens (tertiary/aromatic N) is 2. The Balaban J connectivity index is 0.000000305. The molecule has 7 rings (SSSR count). The third-order valence-electron chi connectivity index (χ3n) is 13.7. The van der Waals surface area contributed by atoms with Crippen molar-refractivity contribution < 1.29 is 65.9 Å². The van der Waals surface area contributed by atoms with Crippen LogP contribution < -0.4 is 11.5 Å². The number of nitrogens with two attached hydrogens (primary N) is 2. The number of carbonyl (C=O) groups excluding carboxylic acids is 4. The number of benzene rings is 4. The molecule has 1 saturated heterocycles. The van der Waals surface area contributed by atoms with Gasteiger partial charge < -0.3 is 49.8 Å². The van der Waals surface area contributed by atoms with Gasteiger partial charge in [0.2, 0.25) is 0 Å². The van der Waals surface area contributed by atoms with Gasteiger partial charge in [-0.3, -0.25) is 19.2 Å². The Morgan fingerprint density at radius 1 is 0.583 bits per heavy atom. The normalized spacial score (nSPS) is 15.9. The van der Waals surface area contributed by atoms with Gasteiger partial charge in [0.05, 0.1) is 59.8 Å². The maximum atomic E-state index is 14.0. The van der Waals surface area contributed by atoms with Crippen molar-refractivity contribution in [3.8, 4) is 44.8 Å². The average Bonchev–Trinajstić information content (AvgIpc) is 3.23. The van der Waals surface area contributed by atoms with E-state index < -0.39 is 76.4 Å². The zero-order chi connectivity index (χ0) is 61.5. The fourth-order valence-electron chi connectivity index (χ4n) is 10.8. The number of carbonyl (C=O) groups is 4. The Hall–Kier alpha value is -7.06. The number of halogens is 4. The number of aliphatic hydroxyl groups is 2. The summed E-state index contributed by atoms with van der Waals surface area (Å²) in [6.45, 7) is 22.7. The highest BCUT2D eigenvalue weighted by atomic mass is 19.1. The number of hydrogen-bond donors (Lipinski definition) is 4. The molecule has 19 heteroatoms. The summed E-state index contributed by atoms with van der Waals surface area (Å²) in [6.07, 6.45) is -1.79. The van der Waals surface area contributed by atoms with Crippen molar-refractivity contribution in [3.05, 3.63) is 143 Å². The molecule has 3 radical (unpaired) electrons. The van der Waals surface area contributed by atoms with Gasteiger partial charge >= 0.3 is 11.9 Å². The van der Waals surface area contributed by atoms with E-state index in [0.29, 0.717) is 75.4 Å². The van der Waals surface area contributed by atoms with Gasteiger partial charge in [0.25, 0.3) is 11.8 Å². The van der Waals surface area contributed by atoms with Crippen LogP contribution in [0.2, 0.25) is 0 Å². The number of primary amides is 2. The molecule has 3 heterocycles. The third kappa shape index (κ3) is 18.0. The summed E-state index contributed by atoms with van der Waals surface area (Å²) in [6, 6.07) is 23.4. The fourth-order valence-corrected chi connectivity index (χ4v) is 10.8. The summed E-state index contributed by atoms with van der Waals surface area (Å²) < 4.78 is 82.6. The molecule has 14 nitrogen and oxygen atoms in total. The highest BCUT2D eigenvalue weighted by molar-refractivity contribution is 6.07. The van der Waals surface area contributed by atoms with Crippen molar-refractivity contribution in [2.75, 3.05) is 0 Å². The number of aliphatic hydroxyl groups excluding tert-OH is 2. The summed E-state index contributed by atoms with van der Waals surface area (Å²) >= 11 is 0. The zero-order valence-corrected chi connectivity index (χ0v) is 50.2. The van der Waals surface area contributed by atoms with Crippen LogP contribution in [0.25, 0.3) is 44.8 Å². The maximum Gasteiger partial charge on any atom is 0.308 e. The van der Waals surface area contributed by atoms with Crippen molar-refractivity contribution in [3.63, 3.8) is 0 Å². The molecule has 6 N–H and O–H groups in total. The van der Waals surface area contributed by atoms with Gasteiger partial charge in [0.15, 0.2) is 5.79 Å². The number of hydrogen-bond acceptors (Lipinski definition) is 10. The smallest absolute Gasteiger partial charge is 0.308 e. The molecule has 4 aromatic carbocycles. The average molecular weight is 1160 g/mol. The SMILES string of the molecule is CC(C)c1c(C(N)=O)c(-c2ccc(F)cc2)c(-c2ccc(F)cc2)n1CC[C@@H](O)C[C@@H](O)CC(=O)OC(C)(C)C.CC(C)c1c(C(N)=O)c(-c2ccc(F)cc2)c(-c2ccc(F)cc2)n1CC[C@@H]1C[C@H](CC(=O)OC(C)(C)C)OC(C)(C)O1.[B]. The van der Waals surface area contributed by atoms with E-state index in [1.165, 1.54) is 48.5 Å². The molecule has 84 heavy (non-hydrogen) atoms. The van der Waals surface area contributed by atoms with Gasteiger partial charge in [-0.1, -0.05) is 52.0 Å². The molecule has 1 aliphatic rings. The number of amides is 2. The minimum atomic E-state index is -1.10. The van der Waals surface area contributed by atoms with E-state index in [4.69, 9.17) is 30.4 Å². The first-order valence-electron chi connectivity index (χ1n) is 28.0. The topological polar surface area (TPSA) is 208 Å². The molecule has 2 amide bonds. The van der Waals surface area contributed by atoms with Gasteiger partial charge in [-0.2, -0.15) is 0 Å². The molecule has 1 aliphatic heterocycles. The van der Waals surface area contributed by atoms with Crippen LogP contribution in [-0.2, 0) is 41.6 Å². The van der Waals surface area contributed by atoms with Crippen LogP contribution in [0.1, 0.15) is 166 Å². The standard InChI is InChI=1S/C34H42F2N2O5.C31H38F2N2O5.B/c1-20(2)30-29(32(37)40)28(21-8-12-23(35)13-9-21)31(22-10-14-24(36)15-11-22)38(30)17-16-25-18-26(42-34(6,7)41-25)19-27(39)43-33(3,4)5;1-18(2)28-27(30(34)39)26(19-6-10-21(32)11-7-19)29(20-8-12-22(33)13-9-20)35(28)15-14-23(36)16-24(37)17-25(38)40-31(3,4)5;/h8-15,20,25-26H,16-19H2,1-7H3,(H2,37,40);6-13,18,23-24,36-37H,14-17H2,1-5H3,(H2,34,39);/t25-,26-;23-,24-;/m11./s1. The van der Waals surface area contributed by atoms with E-state index in [1.54, 1.807) is 69.3 Å². The number of esters is 2. The van der Waals surface area contributed by atoms with Gasteiger partial charge in [0, 0.05) is 50.4 Å². The lowest BCUT2D eigenvalue weighted by molar-refractivity contribution is -0.301. The second-order valence-electron chi connectivity index (χ2n) is 24.2. The molecule has 2 aromatic heterocycles. The van der Waals surface area contributed by atoms with Crippen molar-refractivity contribution >= 4 is 32.2 Å². The highest BCUT2D eigenvalue weighted by Gasteiger charge is 2.38. The minimum Gasteiger partial charge on any atom is -0.460 e. The summed E-state index contributed by atoms with van der Waals surface area (Å²) in [5, 5.41) is 21.2. The van der Waals surface area contributed by atoms with Crippen LogP contribution in [-0.4, -0.2) is 92.9 Å². The Morgan fingerprint density at radius 2 is 0.940 bits per heavy atom. The lowest BCUT2D eigenvalue weighted by Gasteiger charge is -2.41. The molecule has 1 fully saturated rings. The van der Waals surface area contributed by atoms with E-state index in [1.807, 2.05) is 71.4 Å². The van der Waals surface area contributed by atoms with E-state index in [9.17, 15) is 47.0 Å². The predicted octanol–water partition coefficient (Wildman–Crippen LogP) is 12.5. The van der Waals surface area contributed by atoms with Crippen molar-refractivity contribution in [2.24, 2.45) is 11.5 Å². The summed E-state index contributed by atoms with van der Waals surface area (Å²) in [7, 11) is 0.